The summed E-state index contributed by atoms with van der Waals surface area (Å²) in [5, 5.41) is 0. The SMILES string of the molecule is COCC1(CS(=O)(=O)Cl)CCCCO1. The van der Waals surface area contributed by atoms with E-state index in [1.165, 1.54) is 7.11 Å². The Bertz CT molecular complexity index is 264. The third kappa shape index (κ3) is 3.73. The topological polar surface area (TPSA) is 52.6 Å². The van der Waals surface area contributed by atoms with Crippen LogP contribution in [0.5, 0.6) is 0 Å². The second kappa shape index (κ2) is 4.79. The summed E-state index contributed by atoms with van der Waals surface area (Å²) < 4.78 is 32.5. The summed E-state index contributed by atoms with van der Waals surface area (Å²) in [6.07, 6.45) is 2.61. The van der Waals surface area contributed by atoms with Crippen LogP contribution in [-0.2, 0) is 18.5 Å². The minimum Gasteiger partial charge on any atom is -0.382 e. The Balaban J connectivity index is 2.70. The number of hydrogen-bond acceptors (Lipinski definition) is 4. The summed E-state index contributed by atoms with van der Waals surface area (Å²) in [4.78, 5) is 0. The van der Waals surface area contributed by atoms with Crippen LogP contribution in [0, 0.1) is 0 Å². The first-order valence-electron chi connectivity index (χ1n) is 4.53. The second-order valence-electron chi connectivity index (χ2n) is 3.60. The third-order valence-electron chi connectivity index (χ3n) is 2.28. The molecule has 1 rings (SSSR count). The number of methoxy groups -OCH3 is 1. The zero-order valence-electron chi connectivity index (χ0n) is 8.16. The summed E-state index contributed by atoms with van der Waals surface area (Å²) in [7, 11) is 3.22. The lowest BCUT2D eigenvalue weighted by atomic mass is 9.97. The van der Waals surface area contributed by atoms with Gasteiger partial charge in [0.05, 0.1) is 12.4 Å². The fourth-order valence-corrected chi connectivity index (χ4v) is 3.29. The van der Waals surface area contributed by atoms with Crippen LogP contribution < -0.4 is 0 Å². The molecule has 84 valence electrons. The molecule has 0 aromatic carbocycles. The third-order valence-corrected chi connectivity index (χ3v) is 3.48. The predicted octanol–water partition coefficient (Wildman–Crippen LogP) is 1.14. The number of halogens is 1. The van der Waals surface area contributed by atoms with Crippen molar-refractivity contribution in [2.75, 3.05) is 26.1 Å². The van der Waals surface area contributed by atoms with Crippen LogP contribution in [0.4, 0.5) is 0 Å². The highest BCUT2D eigenvalue weighted by Crippen LogP contribution is 2.27. The van der Waals surface area contributed by atoms with E-state index >= 15 is 0 Å². The van der Waals surface area contributed by atoms with Crippen molar-refractivity contribution >= 4 is 19.7 Å². The molecule has 1 atom stereocenters. The molecule has 1 unspecified atom stereocenters. The van der Waals surface area contributed by atoms with Gasteiger partial charge in [-0.1, -0.05) is 0 Å². The molecule has 6 heteroatoms. The molecule has 0 aromatic rings. The average Bonchev–Trinajstić information content (AvgIpc) is 2.02. The molecule has 4 nitrogen and oxygen atoms in total. The molecule has 1 aliphatic heterocycles. The first-order valence-corrected chi connectivity index (χ1v) is 7.01. The maximum absolute atomic E-state index is 11.0. The van der Waals surface area contributed by atoms with E-state index in [0.29, 0.717) is 13.0 Å². The van der Waals surface area contributed by atoms with E-state index in [1.807, 2.05) is 0 Å². The zero-order valence-corrected chi connectivity index (χ0v) is 9.73. The smallest absolute Gasteiger partial charge is 0.235 e. The van der Waals surface area contributed by atoms with Crippen molar-refractivity contribution in [3.8, 4) is 0 Å². The monoisotopic (exact) mass is 242 g/mol. The molecule has 0 saturated carbocycles. The van der Waals surface area contributed by atoms with Crippen LogP contribution in [0.2, 0.25) is 0 Å². The minimum absolute atomic E-state index is 0.171. The van der Waals surface area contributed by atoms with E-state index in [1.54, 1.807) is 0 Å². The van der Waals surface area contributed by atoms with Crippen molar-refractivity contribution in [3.05, 3.63) is 0 Å². The van der Waals surface area contributed by atoms with Gasteiger partial charge in [0.2, 0.25) is 9.05 Å². The Morgan fingerprint density at radius 2 is 2.21 bits per heavy atom. The van der Waals surface area contributed by atoms with Gasteiger partial charge in [0.25, 0.3) is 0 Å². The van der Waals surface area contributed by atoms with Gasteiger partial charge in [0, 0.05) is 24.4 Å². The van der Waals surface area contributed by atoms with Crippen molar-refractivity contribution in [3.63, 3.8) is 0 Å². The number of hydrogen-bond donors (Lipinski definition) is 0. The molecule has 1 fully saturated rings. The fraction of sp³-hybridized carbons (Fsp3) is 1.00. The maximum Gasteiger partial charge on any atom is 0.235 e. The van der Waals surface area contributed by atoms with Gasteiger partial charge in [0.1, 0.15) is 5.60 Å². The highest BCUT2D eigenvalue weighted by Gasteiger charge is 2.37. The van der Waals surface area contributed by atoms with E-state index in [9.17, 15) is 8.42 Å². The number of ether oxygens (including phenoxy) is 2. The molecule has 0 spiro atoms. The summed E-state index contributed by atoms with van der Waals surface area (Å²) in [5.41, 5.74) is -0.729. The van der Waals surface area contributed by atoms with Crippen molar-refractivity contribution < 1.29 is 17.9 Å². The van der Waals surface area contributed by atoms with E-state index in [4.69, 9.17) is 20.2 Å². The lowest BCUT2D eigenvalue weighted by molar-refractivity contribution is -0.100. The van der Waals surface area contributed by atoms with E-state index in [0.717, 1.165) is 12.8 Å². The molecule has 0 N–H and O–H groups in total. The predicted molar refractivity (Wildman–Crippen MR) is 54.0 cm³/mol. The first-order chi connectivity index (χ1) is 6.47. The van der Waals surface area contributed by atoms with Crippen LogP contribution >= 0.6 is 10.7 Å². The molecule has 1 aliphatic rings. The Labute approximate surface area is 88.9 Å². The van der Waals surface area contributed by atoms with Crippen molar-refractivity contribution in [2.45, 2.75) is 24.9 Å². The molecular formula is C8H15ClO4S. The Kier molecular flexibility index (Phi) is 4.18. The molecule has 1 heterocycles. The summed E-state index contributed by atoms with van der Waals surface area (Å²) in [6.45, 7) is 0.856. The van der Waals surface area contributed by atoms with Crippen LogP contribution in [0.3, 0.4) is 0 Å². The van der Waals surface area contributed by atoms with E-state index < -0.39 is 14.7 Å². The van der Waals surface area contributed by atoms with Gasteiger partial charge in [-0.3, -0.25) is 0 Å². The minimum atomic E-state index is -3.54. The standard InChI is InChI=1S/C8H15ClO4S/c1-12-6-8(7-14(9,10)11)4-2-3-5-13-8/h2-7H2,1H3. The quantitative estimate of drug-likeness (QED) is 0.694. The summed E-state index contributed by atoms with van der Waals surface area (Å²) >= 11 is 0. The van der Waals surface area contributed by atoms with Gasteiger partial charge in [-0.05, 0) is 19.3 Å². The van der Waals surface area contributed by atoms with Crippen molar-refractivity contribution in [2.24, 2.45) is 0 Å². The molecular weight excluding hydrogens is 228 g/mol. The van der Waals surface area contributed by atoms with Crippen LogP contribution in [0.1, 0.15) is 19.3 Å². The molecule has 0 radical (unpaired) electrons. The lowest BCUT2D eigenvalue weighted by Gasteiger charge is -2.35. The van der Waals surface area contributed by atoms with Gasteiger partial charge in [-0.2, -0.15) is 0 Å². The van der Waals surface area contributed by atoms with Crippen molar-refractivity contribution in [1.82, 2.24) is 0 Å². The lowest BCUT2D eigenvalue weighted by Crippen LogP contribution is -2.45. The van der Waals surface area contributed by atoms with Gasteiger partial charge in [-0.15, -0.1) is 0 Å². The molecule has 14 heavy (non-hydrogen) atoms. The molecule has 0 aromatic heterocycles. The Morgan fingerprint density at radius 1 is 1.50 bits per heavy atom. The Hall–Kier alpha value is 0.160. The normalized spacial score (nSPS) is 29.0. The zero-order chi connectivity index (χ0) is 10.7. The molecule has 1 saturated heterocycles. The first kappa shape index (κ1) is 12.2. The van der Waals surface area contributed by atoms with Gasteiger partial charge in [0.15, 0.2) is 0 Å². The van der Waals surface area contributed by atoms with Crippen molar-refractivity contribution in [1.29, 1.82) is 0 Å². The fourth-order valence-electron chi connectivity index (χ4n) is 1.76. The summed E-state index contributed by atoms with van der Waals surface area (Å²) in [6, 6.07) is 0. The molecule has 0 aliphatic carbocycles. The van der Waals surface area contributed by atoms with Crippen LogP contribution in [0.25, 0.3) is 0 Å². The highest BCUT2D eigenvalue weighted by atomic mass is 35.7. The number of rotatable bonds is 4. The van der Waals surface area contributed by atoms with Gasteiger partial charge >= 0.3 is 0 Å². The largest absolute Gasteiger partial charge is 0.382 e. The Morgan fingerprint density at radius 3 is 2.64 bits per heavy atom. The van der Waals surface area contributed by atoms with E-state index in [-0.39, 0.29) is 12.4 Å². The maximum atomic E-state index is 11.0. The average molecular weight is 243 g/mol. The van der Waals surface area contributed by atoms with Crippen LogP contribution in [0.15, 0.2) is 0 Å². The second-order valence-corrected chi connectivity index (χ2v) is 6.38. The molecule has 0 bridgehead atoms. The van der Waals surface area contributed by atoms with E-state index in [2.05, 4.69) is 0 Å². The highest BCUT2D eigenvalue weighted by molar-refractivity contribution is 8.13. The van der Waals surface area contributed by atoms with Gasteiger partial charge in [-0.25, -0.2) is 8.42 Å². The van der Waals surface area contributed by atoms with Gasteiger partial charge < -0.3 is 9.47 Å². The van der Waals surface area contributed by atoms with Crippen LogP contribution in [-0.4, -0.2) is 40.1 Å². The summed E-state index contributed by atoms with van der Waals surface area (Å²) in [5.74, 6) is -0.171. The molecule has 0 amide bonds.